The second-order valence-corrected chi connectivity index (χ2v) is 6.51. The van der Waals surface area contributed by atoms with Crippen molar-refractivity contribution in [2.24, 2.45) is 5.41 Å². The molecule has 0 radical (unpaired) electrons. The molecule has 1 aliphatic heterocycles. The highest BCUT2D eigenvalue weighted by molar-refractivity contribution is 5.83. The highest BCUT2D eigenvalue weighted by Crippen LogP contribution is 2.34. The van der Waals surface area contributed by atoms with Gasteiger partial charge in [-0.1, -0.05) is 19.8 Å². The Kier molecular flexibility index (Phi) is 4.51. The summed E-state index contributed by atoms with van der Waals surface area (Å²) in [6, 6.07) is 0. The third kappa shape index (κ3) is 3.11. The SMILES string of the molecule is CCC1(C(=O)N(C)CC2(O)CCCC2)CCCNC1. The van der Waals surface area contributed by atoms with E-state index < -0.39 is 5.60 Å². The molecule has 1 heterocycles. The van der Waals surface area contributed by atoms with Crippen LogP contribution < -0.4 is 5.32 Å². The van der Waals surface area contributed by atoms with Crippen molar-refractivity contribution >= 4 is 5.91 Å². The van der Waals surface area contributed by atoms with Crippen molar-refractivity contribution in [1.29, 1.82) is 0 Å². The predicted octanol–water partition coefficient (Wildman–Crippen LogP) is 1.53. The van der Waals surface area contributed by atoms with Crippen molar-refractivity contribution in [3.63, 3.8) is 0 Å². The van der Waals surface area contributed by atoms with Gasteiger partial charge in [0, 0.05) is 20.1 Å². The second kappa shape index (κ2) is 5.80. The van der Waals surface area contributed by atoms with Gasteiger partial charge in [0.05, 0.1) is 11.0 Å². The average molecular weight is 268 g/mol. The molecule has 0 spiro atoms. The number of aliphatic hydroxyl groups is 1. The Bertz CT molecular complexity index is 318. The molecule has 0 aromatic rings. The molecule has 1 amide bonds. The standard InChI is InChI=1S/C15H28N2O2/c1-3-14(7-6-10-16-11-14)13(18)17(2)12-15(19)8-4-5-9-15/h16,19H,3-12H2,1-2H3. The van der Waals surface area contributed by atoms with Crippen LogP contribution in [0.4, 0.5) is 0 Å². The van der Waals surface area contributed by atoms with Crippen molar-refractivity contribution in [1.82, 2.24) is 10.2 Å². The summed E-state index contributed by atoms with van der Waals surface area (Å²) >= 11 is 0. The minimum atomic E-state index is -0.637. The summed E-state index contributed by atoms with van der Waals surface area (Å²) in [4.78, 5) is 14.5. The Morgan fingerprint density at radius 2 is 1.95 bits per heavy atom. The minimum absolute atomic E-state index is 0.211. The van der Waals surface area contributed by atoms with E-state index in [0.717, 1.165) is 58.0 Å². The molecule has 2 aliphatic rings. The number of carbonyl (C=O) groups excluding carboxylic acids is 1. The van der Waals surface area contributed by atoms with Gasteiger partial charge in [-0.15, -0.1) is 0 Å². The summed E-state index contributed by atoms with van der Waals surface area (Å²) < 4.78 is 0. The lowest BCUT2D eigenvalue weighted by Gasteiger charge is -2.40. The fourth-order valence-electron chi connectivity index (χ4n) is 3.71. The first-order chi connectivity index (χ1) is 9.01. The smallest absolute Gasteiger partial charge is 0.229 e. The molecule has 110 valence electrons. The molecule has 2 rings (SSSR count). The molecular weight excluding hydrogens is 240 g/mol. The van der Waals surface area contributed by atoms with E-state index in [-0.39, 0.29) is 11.3 Å². The van der Waals surface area contributed by atoms with Crippen LogP contribution in [-0.4, -0.2) is 48.2 Å². The van der Waals surface area contributed by atoms with Crippen molar-refractivity contribution < 1.29 is 9.90 Å². The summed E-state index contributed by atoms with van der Waals surface area (Å²) in [5.41, 5.74) is -0.886. The van der Waals surface area contributed by atoms with Crippen LogP contribution in [0.5, 0.6) is 0 Å². The van der Waals surface area contributed by atoms with Crippen LogP contribution in [0.3, 0.4) is 0 Å². The van der Waals surface area contributed by atoms with Crippen LogP contribution in [-0.2, 0) is 4.79 Å². The maximum atomic E-state index is 12.8. The van der Waals surface area contributed by atoms with Gasteiger partial charge >= 0.3 is 0 Å². The van der Waals surface area contributed by atoms with Gasteiger partial charge in [0.15, 0.2) is 0 Å². The Morgan fingerprint density at radius 1 is 1.26 bits per heavy atom. The molecule has 1 saturated carbocycles. The second-order valence-electron chi connectivity index (χ2n) is 6.51. The molecule has 2 N–H and O–H groups in total. The summed E-state index contributed by atoms with van der Waals surface area (Å²) in [6.45, 7) is 4.39. The summed E-state index contributed by atoms with van der Waals surface area (Å²) in [5.74, 6) is 0.211. The number of likely N-dealkylation sites (N-methyl/N-ethyl adjacent to an activating group) is 1. The molecule has 0 bridgehead atoms. The maximum absolute atomic E-state index is 12.8. The van der Waals surface area contributed by atoms with E-state index >= 15 is 0 Å². The lowest BCUT2D eigenvalue weighted by molar-refractivity contribution is -0.145. The van der Waals surface area contributed by atoms with Gasteiger partial charge < -0.3 is 15.3 Å². The van der Waals surface area contributed by atoms with Gasteiger partial charge in [-0.3, -0.25) is 4.79 Å². The van der Waals surface area contributed by atoms with Gasteiger partial charge in [0.2, 0.25) is 5.91 Å². The zero-order valence-electron chi connectivity index (χ0n) is 12.4. The van der Waals surface area contributed by atoms with E-state index in [1.54, 1.807) is 4.90 Å². The van der Waals surface area contributed by atoms with Gasteiger partial charge in [-0.05, 0) is 38.6 Å². The molecule has 1 saturated heterocycles. The van der Waals surface area contributed by atoms with Crippen LogP contribution in [0.1, 0.15) is 51.9 Å². The largest absolute Gasteiger partial charge is 0.388 e. The first-order valence-corrected chi connectivity index (χ1v) is 7.70. The topological polar surface area (TPSA) is 52.6 Å². The molecule has 1 aliphatic carbocycles. The predicted molar refractivity (Wildman–Crippen MR) is 75.9 cm³/mol. The summed E-state index contributed by atoms with van der Waals surface area (Å²) in [6.07, 6.45) is 6.75. The first kappa shape index (κ1) is 14.8. The molecular formula is C15H28N2O2. The lowest BCUT2D eigenvalue weighted by atomic mass is 9.77. The van der Waals surface area contributed by atoms with Crippen molar-refractivity contribution in [2.45, 2.75) is 57.5 Å². The normalized spacial score (nSPS) is 30.3. The number of carbonyl (C=O) groups is 1. The van der Waals surface area contributed by atoms with Gasteiger partial charge in [0.1, 0.15) is 0 Å². The Labute approximate surface area is 116 Å². The van der Waals surface area contributed by atoms with Crippen LogP contribution >= 0.6 is 0 Å². The van der Waals surface area contributed by atoms with Crippen molar-refractivity contribution in [2.75, 3.05) is 26.7 Å². The third-order valence-corrected chi connectivity index (χ3v) is 5.02. The molecule has 1 unspecified atom stereocenters. The summed E-state index contributed by atoms with van der Waals surface area (Å²) in [5, 5.41) is 13.8. The van der Waals surface area contributed by atoms with Crippen molar-refractivity contribution in [3.05, 3.63) is 0 Å². The lowest BCUT2D eigenvalue weighted by Crippen LogP contribution is -2.53. The quantitative estimate of drug-likeness (QED) is 0.813. The van der Waals surface area contributed by atoms with Gasteiger partial charge in [-0.25, -0.2) is 0 Å². The molecule has 4 nitrogen and oxygen atoms in total. The highest BCUT2D eigenvalue weighted by atomic mass is 16.3. The van der Waals surface area contributed by atoms with Gasteiger partial charge in [0.25, 0.3) is 0 Å². The Morgan fingerprint density at radius 3 is 2.47 bits per heavy atom. The van der Waals surface area contributed by atoms with Crippen LogP contribution in [0, 0.1) is 5.41 Å². The fraction of sp³-hybridized carbons (Fsp3) is 0.933. The van der Waals surface area contributed by atoms with Crippen LogP contribution in [0.2, 0.25) is 0 Å². The number of hydrogen-bond acceptors (Lipinski definition) is 3. The number of nitrogens with one attached hydrogen (secondary N) is 1. The highest BCUT2D eigenvalue weighted by Gasteiger charge is 2.42. The number of nitrogens with zero attached hydrogens (tertiary/aromatic N) is 1. The maximum Gasteiger partial charge on any atom is 0.229 e. The molecule has 0 aromatic heterocycles. The Balaban J connectivity index is 2.00. The van der Waals surface area contributed by atoms with E-state index in [2.05, 4.69) is 12.2 Å². The zero-order chi connectivity index (χ0) is 13.9. The number of piperidine rings is 1. The van der Waals surface area contributed by atoms with E-state index in [4.69, 9.17) is 0 Å². The number of hydrogen-bond donors (Lipinski definition) is 2. The first-order valence-electron chi connectivity index (χ1n) is 7.70. The Hall–Kier alpha value is -0.610. The average Bonchev–Trinajstić information content (AvgIpc) is 2.85. The zero-order valence-corrected chi connectivity index (χ0v) is 12.4. The molecule has 1 atom stereocenters. The van der Waals surface area contributed by atoms with E-state index in [0.29, 0.717) is 6.54 Å². The van der Waals surface area contributed by atoms with E-state index in [9.17, 15) is 9.90 Å². The number of amides is 1. The molecule has 4 heteroatoms. The molecule has 0 aromatic carbocycles. The third-order valence-electron chi connectivity index (χ3n) is 5.02. The van der Waals surface area contributed by atoms with E-state index in [1.165, 1.54) is 0 Å². The van der Waals surface area contributed by atoms with Gasteiger partial charge in [-0.2, -0.15) is 0 Å². The molecule has 19 heavy (non-hydrogen) atoms. The monoisotopic (exact) mass is 268 g/mol. The number of rotatable bonds is 4. The fourth-order valence-corrected chi connectivity index (χ4v) is 3.71. The summed E-state index contributed by atoms with van der Waals surface area (Å²) in [7, 11) is 1.85. The van der Waals surface area contributed by atoms with E-state index in [1.807, 2.05) is 7.05 Å². The molecule has 2 fully saturated rings. The van der Waals surface area contributed by atoms with Crippen LogP contribution in [0.15, 0.2) is 0 Å². The van der Waals surface area contributed by atoms with Crippen molar-refractivity contribution in [3.8, 4) is 0 Å². The minimum Gasteiger partial charge on any atom is -0.388 e. The van der Waals surface area contributed by atoms with Crippen LogP contribution in [0.25, 0.3) is 0 Å².